The van der Waals surface area contributed by atoms with Crippen molar-refractivity contribution in [3.8, 4) is 0 Å². The third kappa shape index (κ3) is 20.4. The maximum atomic E-state index is 10.4. The maximum Gasteiger partial charge on any atom is 0.119 e. The summed E-state index contributed by atoms with van der Waals surface area (Å²) in [7, 11) is 0. The Morgan fingerprint density at radius 1 is 0.733 bits per heavy atom. The number of nitrogens with zero attached hydrogens (tertiary/aromatic N) is 1. The van der Waals surface area contributed by atoms with Crippen molar-refractivity contribution in [1.29, 1.82) is 0 Å². The van der Waals surface area contributed by atoms with Crippen LogP contribution in [0.1, 0.15) is 123 Å². The highest BCUT2D eigenvalue weighted by Crippen LogP contribution is 2.17. The van der Waals surface area contributed by atoms with Crippen molar-refractivity contribution in [2.45, 2.75) is 123 Å². The van der Waals surface area contributed by atoms with Crippen molar-refractivity contribution in [1.82, 2.24) is 4.90 Å². The molecule has 2 heteroatoms. The van der Waals surface area contributed by atoms with E-state index < -0.39 is 0 Å². The largest absolute Gasteiger partial charge is 0.303 e. The van der Waals surface area contributed by atoms with Crippen molar-refractivity contribution in [3.63, 3.8) is 0 Å². The Morgan fingerprint density at radius 2 is 1.17 bits per heavy atom. The molecule has 0 rings (SSSR count). The second kappa shape index (κ2) is 22.8. The Kier molecular flexibility index (Phi) is 22.1. The fourth-order valence-electron chi connectivity index (χ4n) is 3.97. The van der Waals surface area contributed by atoms with Crippen LogP contribution in [-0.4, -0.2) is 30.8 Å². The molecule has 176 valence electrons. The number of allylic oxidation sites excluding steroid dienone is 2. The van der Waals surface area contributed by atoms with Gasteiger partial charge in [-0.3, -0.25) is 0 Å². The Hall–Kier alpha value is -0.890. The van der Waals surface area contributed by atoms with E-state index in [1.165, 1.54) is 122 Å². The standard InChI is InChI=1S/C28H53NO/c1-5-6-7-8-9-13-18-23-29(24-19-14-10-11-16-21-26-30)25-20-15-12-17-22-28(4)27(2)3/h5,26,28H,1-2,6-25H2,3-4H3. The van der Waals surface area contributed by atoms with Crippen molar-refractivity contribution in [2.75, 3.05) is 19.6 Å². The molecule has 1 atom stereocenters. The van der Waals surface area contributed by atoms with Gasteiger partial charge in [0.25, 0.3) is 0 Å². The van der Waals surface area contributed by atoms with Crippen LogP contribution in [0.25, 0.3) is 0 Å². The van der Waals surface area contributed by atoms with Gasteiger partial charge in [-0.15, -0.1) is 6.58 Å². The molecule has 0 N–H and O–H groups in total. The van der Waals surface area contributed by atoms with Crippen LogP contribution in [0.15, 0.2) is 24.8 Å². The normalized spacial score (nSPS) is 12.2. The molecule has 2 nitrogen and oxygen atoms in total. The van der Waals surface area contributed by atoms with Crippen LogP contribution in [-0.2, 0) is 4.79 Å². The van der Waals surface area contributed by atoms with Gasteiger partial charge in [0.1, 0.15) is 6.29 Å². The first-order valence-electron chi connectivity index (χ1n) is 13.0. The molecule has 0 aliphatic rings. The first-order valence-corrected chi connectivity index (χ1v) is 13.0. The fourth-order valence-corrected chi connectivity index (χ4v) is 3.97. The topological polar surface area (TPSA) is 20.3 Å². The number of carbonyl (C=O) groups is 1. The molecule has 1 unspecified atom stereocenters. The molecule has 0 spiro atoms. The Morgan fingerprint density at radius 3 is 1.63 bits per heavy atom. The predicted molar refractivity (Wildman–Crippen MR) is 135 cm³/mol. The summed E-state index contributed by atoms with van der Waals surface area (Å²) in [4.78, 5) is 13.1. The van der Waals surface area contributed by atoms with Gasteiger partial charge in [-0.25, -0.2) is 0 Å². The molecule has 0 heterocycles. The zero-order valence-corrected chi connectivity index (χ0v) is 20.6. The number of hydrogen-bond acceptors (Lipinski definition) is 2. The maximum absolute atomic E-state index is 10.4. The monoisotopic (exact) mass is 419 g/mol. The van der Waals surface area contributed by atoms with Gasteiger partial charge in [-0.1, -0.05) is 82.9 Å². The van der Waals surface area contributed by atoms with E-state index in [1.54, 1.807) is 0 Å². The summed E-state index contributed by atoms with van der Waals surface area (Å²) in [6, 6.07) is 0. The minimum atomic E-state index is 0.680. The quantitative estimate of drug-likeness (QED) is 0.0887. The van der Waals surface area contributed by atoms with E-state index in [0.717, 1.165) is 19.1 Å². The van der Waals surface area contributed by atoms with Gasteiger partial charge < -0.3 is 9.69 Å². The van der Waals surface area contributed by atoms with Crippen LogP contribution in [0, 0.1) is 5.92 Å². The molecular formula is C28H53NO. The predicted octanol–water partition coefficient (Wildman–Crippen LogP) is 8.52. The minimum absolute atomic E-state index is 0.680. The van der Waals surface area contributed by atoms with E-state index in [0.29, 0.717) is 5.92 Å². The van der Waals surface area contributed by atoms with E-state index in [9.17, 15) is 4.79 Å². The number of unbranched alkanes of at least 4 members (excludes halogenated alkanes) is 13. The highest BCUT2D eigenvalue weighted by molar-refractivity contribution is 5.48. The number of aldehydes is 1. The summed E-state index contributed by atoms with van der Waals surface area (Å²) in [5.41, 5.74) is 1.33. The van der Waals surface area contributed by atoms with Crippen LogP contribution in [0.5, 0.6) is 0 Å². The molecule has 0 saturated carbocycles. The van der Waals surface area contributed by atoms with Crippen molar-refractivity contribution >= 4 is 6.29 Å². The smallest absolute Gasteiger partial charge is 0.119 e. The van der Waals surface area contributed by atoms with Crippen LogP contribution < -0.4 is 0 Å². The lowest BCUT2D eigenvalue weighted by Crippen LogP contribution is -2.27. The van der Waals surface area contributed by atoms with E-state index in [2.05, 4.69) is 31.9 Å². The van der Waals surface area contributed by atoms with Gasteiger partial charge in [-0.05, 0) is 77.4 Å². The zero-order valence-electron chi connectivity index (χ0n) is 20.6. The summed E-state index contributed by atoms with van der Waals surface area (Å²) >= 11 is 0. The molecule has 0 aliphatic carbocycles. The molecule has 0 bridgehead atoms. The lowest BCUT2D eigenvalue weighted by Gasteiger charge is -2.22. The van der Waals surface area contributed by atoms with Gasteiger partial charge >= 0.3 is 0 Å². The summed E-state index contributed by atoms with van der Waals surface area (Å²) in [5.74, 6) is 0.680. The zero-order chi connectivity index (χ0) is 22.3. The second-order valence-corrected chi connectivity index (χ2v) is 9.36. The van der Waals surface area contributed by atoms with E-state index in [1.807, 2.05) is 6.08 Å². The van der Waals surface area contributed by atoms with Gasteiger partial charge in [0.2, 0.25) is 0 Å². The van der Waals surface area contributed by atoms with Gasteiger partial charge in [-0.2, -0.15) is 0 Å². The van der Waals surface area contributed by atoms with Crippen LogP contribution in [0.4, 0.5) is 0 Å². The molecule has 0 aromatic heterocycles. The van der Waals surface area contributed by atoms with E-state index in [-0.39, 0.29) is 0 Å². The fraction of sp³-hybridized carbons (Fsp3) is 0.821. The molecular weight excluding hydrogens is 366 g/mol. The molecule has 0 saturated heterocycles. The average molecular weight is 420 g/mol. The lowest BCUT2D eigenvalue weighted by molar-refractivity contribution is -0.107. The minimum Gasteiger partial charge on any atom is -0.303 e. The van der Waals surface area contributed by atoms with Crippen molar-refractivity contribution < 1.29 is 4.79 Å². The summed E-state index contributed by atoms with van der Waals surface area (Å²) < 4.78 is 0. The Bertz CT molecular complexity index is 381. The molecule has 30 heavy (non-hydrogen) atoms. The third-order valence-electron chi connectivity index (χ3n) is 6.38. The van der Waals surface area contributed by atoms with Gasteiger partial charge in [0.05, 0.1) is 0 Å². The summed E-state index contributed by atoms with van der Waals surface area (Å²) in [6.07, 6.45) is 24.7. The summed E-state index contributed by atoms with van der Waals surface area (Å²) in [5, 5.41) is 0. The molecule has 0 radical (unpaired) electrons. The van der Waals surface area contributed by atoms with Crippen LogP contribution in [0.2, 0.25) is 0 Å². The van der Waals surface area contributed by atoms with Gasteiger partial charge in [0.15, 0.2) is 0 Å². The number of carbonyl (C=O) groups excluding carboxylic acids is 1. The first kappa shape index (κ1) is 29.1. The highest BCUT2D eigenvalue weighted by Gasteiger charge is 2.06. The molecule has 0 amide bonds. The average Bonchev–Trinajstić information content (AvgIpc) is 2.73. The van der Waals surface area contributed by atoms with Gasteiger partial charge in [0, 0.05) is 6.42 Å². The first-order chi connectivity index (χ1) is 14.6. The number of hydrogen-bond donors (Lipinski definition) is 0. The SMILES string of the molecule is C=CCCCCCCCN(CCCCCCCC=O)CCCCCCC(C)C(=C)C. The van der Waals surface area contributed by atoms with Crippen molar-refractivity contribution in [3.05, 3.63) is 24.8 Å². The highest BCUT2D eigenvalue weighted by atomic mass is 16.1. The Balaban J connectivity index is 3.94. The van der Waals surface area contributed by atoms with Crippen molar-refractivity contribution in [2.24, 2.45) is 5.92 Å². The Labute approximate surface area is 189 Å². The molecule has 0 aliphatic heterocycles. The molecule has 0 aromatic carbocycles. The lowest BCUT2D eigenvalue weighted by atomic mass is 9.97. The second-order valence-electron chi connectivity index (χ2n) is 9.36. The van der Waals surface area contributed by atoms with Crippen LogP contribution in [0.3, 0.4) is 0 Å². The van der Waals surface area contributed by atoms with E-state index in [4.69, 9.17) is 0 Å². The molecule has 0 fully saturated rings. The number of rotatable bonds is 24. The van der Waals surface area contributed by atoms with Crippen LogP contribution >= 0.6 is 0 Å². The third-order valence-corrected chi connectivity index (χ3v) is 6.38. The van der Waals surface area contributed by atoms with E-state index >= 15 is 0 Å². The molecule has 0 aromatic rings. The summed E-state index contributed by atoms with van der Waals surface area (Å²) in [6.45, 7) is 16.2.